The number of H-pyrrole nitrogens is 1. The van der Waals surface area contributed by atoms with Crippen molar-refractivity contribution in [3.8, 4) is 0 Å². The zero-order valence-corrected chi connectivity index (χ0v) is 12.3. The smallest absolute Gasteiger partial charge is 0.330 e. The Morgan fingerprint density at radius 3 is 2.74 bits per heavy atom. The number of aromatic nitrogens is 2. The van der Waals surface area contributed by atoms with Crippen molar-refractivity contribution in [3.05, 3.63) is 33.1 Å². The molecule has 0 radical (unpaired) electrons. The second-order valence-electron chi connectivity index (χ2n) is 4.81. The van der Waals surface area contributed by atoms with E-state index in [-0.39, 0.29) is 5.92 Å². The number of nitrogens with zero attached hydrogens (tertiary/aromatic N) is 1. The van der Waals surface area contributed by atoms with E-state index in [1.807, 2.05) is 6.92 Å². The molecule has 0 spiro atoms. The van der Waals surface area contributed by atoms with Crippen molar-refractivity contribution in [2.75, 3.05) is 5.33 Å². The minimum atomic E-state index is -1.30. The van der Waals surface area contributed by atoms with E-state index in [0.29, 0.717) is 11.8 Å². The molecule has 1 aliphatic rings. The third-order valence-corrected chi connectivity index (χ3v) is 4.83. The van der Waals surface area contributed by atoms with E-state index in [2.05, 4.69) is 20.9 Å². The van der Waals surface area contributed by atoms with Crippen LogP contribution in [0.25, 0.3) is 0 Å². The van der Waals surface area contributed by atoms with Crippen LogP contribution in [0, 0.1) is 5.92 Å². The van der Waals surface area contributed by atoms with E-state index in [1.54, 1.807) is 6.92 Å². The summed E-state index contributed by atoms with van der Waals surface area (Å²) in [5.41, 5.74) is -1.81. The lowest BCUT2D eigenvalue weighted by molar-refractivity contribution is -0.0774. The van der Waals surface area contributed by atoms with Gasteiger partial charge in [-0.1, -0.05) is 29.8 Å². The molecule has 1 aliphatic heterocycles. The van der Waals surface area contributed by atoms with Gasteiger partial charge in [0.25, 0.3) is 5.56 Å². The molecule has 1 aromatic heterocycles. The molecule has 1 N–H and O–H groups in total. The van der Waals surface area contributed by atoms with Crippen molar-refractivity contribution in [3.63, 3.8) is 0 Å². The molecule has 5 nitrogen and oxygen atoms in total. The van der Waals surface area contributed by atoms with Crippen LogP contribution in [0.15, 0.2) is 21.9 Å². The Kier molecular flexibility index (Phi) is 3.96. The Hall–Kier alpha value is -0.950. The number of ether oxygens (including phenoxy) is 1. The molecule has 19 heavy (non-hydrogen) atoms. The van der Waals surface area contributed by atoms with Gasteiger partial charge in [-0.15, -0.1) is 0 Å². The Labute approximate surface area is 117 Å². The molecule has 1 fully saturated rings. The number of hydrogen-bond acceptors (Lipinski definition) is 3. The third kappa shape index (κ3) is 2.29. The molecule has 4 atom stereocenters. The summed E-state index contributed by atoms with van der Waals surface area (Å²) in [4.78, 5) is 24.9. The minimum Gasteiger partial charge on any atom is -0.347 e. The lowest BCUT2D eigenvalue weighted by atomic mass is 9.87. The average molecular weight is 335 g/mol. The fraction of sp³-hybridized carbons (Fsp3) is 0.667. The summed E-state index contributed by atoms with van der Waals surface area (Å²) >= 11 is 3.35. The van der Waals surface area contributed by atoms with Gasteiger partial charge in [0.2, 0.25) is 0 Å². The maximum atomic E-state index is 14.4. The molecule has 7 heteroatoms. The average Bonchev–Trinajstić information content (AvgIpc) is 2.64. The normalized spacial score (nSPS) is 34.6. The highest BCUT2D eigenvalue weighted by Gasteiger charge is 2.52. The second kappa shape index (κ2) is 5.20. The summed E-state index contributed by atoms with van der Waals surface area (Å²) in [6, 6.07) is 1.18. The zero-order chi connectivity index (χ0) is 14.2. The number of aromatic amines is 1. The van der Waals surface area contributed by atoms with E-state index in [0.717, 1.165) is 4.57 Å². The maximum absolute atomic E-state index is 14.4. The van der Waals surface area contributed by atoms with Gasteiger partial charge in [0.05, 0.1) is 5.60 Å². The molecule has 106 valence electrons. The standard InChI is InChI=1S/C12H16BrFN2O3/c1-3-12(6-13)7(2)9(14)10(19-12)16-5-4-8(17)15-11(16)18/h4-5,7,9-10H,3,6H2,1-2H3,(H,15,17,18)/t7-,9-,10+,12-/m0/s1. The molecule has 0 unspecified atom stereocenters. The number of alkyl halides is 2. The SMILES string of the molecule is CC[C@@]1(CBr)O[C@@H](n2ccc(=O)[nH]c2=O)[C@@H](F)[C@@H]1C. The van der Waals surface area contributed by atoms with Crippen molar-refractivity contribution in [1.29, 1.82) is 0 Å². The summed E-state index contributed by atoms with van der Waals surface area (Å²) in [6.07, 6.45) is -0.405. The monoisotopic (exact) mass is 334 g/mol. The first kappa shape index (κ1) is 14.5. The van der Waals surface area contributed by atoms with Crippen LogP contribution in [0.3, 0.4) is 0 Å². The number of hydrogen-bond donors (Lipinski definition) is 1. The predicted molar refractivity (Wildman–Crippen MR) is 72.3 cm³/mol. The van der Waals surface area contributed by atoms with Crippen LogP contribution >= 0.6 is 15.9 Å². The van der Waals surface area contributed by atoms with Crippen molar-refractivity contribution in [2.45, 2.75) is 38.3 Å². The van der Waals surface area contributed by atoms with Crippen LogP contribution < -0.4 is 11.2 Å². The molecule has 0 amide bonds. The molecule has 0 aromatic carbocycles. The molecular formula is C12H16BrFN2O3. The van der Waals surface area contributed by atoms with Gasteiger partial charge in [-0.25, -0.2) is 9.18 Å². The Morgan fingerprint density at radius 2 is 2.26 bits per heavy atom. The van der Waals surface area contributed by atoms with Crippen molar-refractivity contribution < 1.29 is 9.13 Å². The lowest BCUT2D eigenvalue weighted by Crippen LogP contribution is -2.37. The molecule has 0 saturated carbocycles. The third-order valence-electron chi connectivity index (χ3n) is 3.89. The molecular weight excluding hydrogens is 319 g/mol. The van der Waals surface area contributed by atoms with E-state index < -0.39 is 29.2 Å². The van der Waals surface area contributed by atoms with E-state index in [1.165, 1.54) is 12.3 Å². The van der Waals surface area contributed by atoms with E-state index in [4.69, 9.17) is 4.74 Å². The molecule has 2 rings (SSSR count). The molecule has 0 aliphatic carbocycles. The van der Waals surface area contributed by atoms with Gasteiger partial charge >= 0.3 is 5.69 Å². The Bertz CT molecular complexity index is 567. The van der Waals surface area contributed by atoms with Crippen LogP contribution in [-0.2, 0) is 4.74 Å². The Morgan fingerprint density at radius 1 is 1.58 bits per heavy atom. The molecule has 1 saturated heterocycles. The molecule has 2 heterocycles. The maximum Gasteiger partial charge on any atom is 0.330 e. The van der Waals surface area contributed by atoms with Crippen LogP contribution in [0.4, 0.5) is 4.39 Å². The van der Waals surface area contributed by atoms with E-state index >= 15 is 0 Å². The summed E-state index contributed by atoms with van der Waals surface area (Å²) < 4.78 is 21.3. The highest BCUT2D eigenvalue weighted by molar-refractivity contribution is 9.09. The van der Waals surface area contributed by atoms with Gasteiger partial charge in [0.1, 0.15) is 0 Å². The summed E-state index contributed by atoms with van der Waals surface area (Å²) in [7, 11) is 0. The minimum absolute atomic E-state index is 0.347. The van der Waals surface area contributed by atoms with Crippen molar-refractivity contribution in [1.82, 2.24) is 9.55 Å². The highest BCUT2D eigenvalue weighted by Crippen LogP contribution is 2.45. The van der Waals surface area contributed by atoms with Crippen molar-refractivity contribution in [2.24, 2.45) is 5.92 Å². The van der Waals surface area contributed by atoms with Gasteiger partial charge in [-0.2, -0.15) is 0 Å². The quantitative estimate of drug-likeness (QED) is 0.853. The van der Waals surface area contributed by atoms with E-state index in [9.17, 15) is 14.0 Å². The first-order chi connectivity index (χ1) is 8.95. The van der Waals surface area contributed by atoms with Gasteiger partial charge in [-0.3, -0.25) is 14.3 Å². The largest absolute Gasteiger partial charge is 0.347 e. The number of halogens is 2. The molecule has 1 aromatic rings. The summed E-state index contributed by atoms with van der Waals surface area (Å²) in [5, 5.41) is 0.493. The fourth-order valence-corrected chi connectivity index (χ4v) is 3.48. The van der Waals surface area contributed by atoms with Crippen LogP contribution in [0.1, 0.15) is 26.5 Å². The second-order valence-corrected chi connectivity index (χ2v) is 5.37. The Balaban J connectivity index is 2.42. The number of rotatable bonds is 3. The van der Waals surface area contributed by atoms with Crippen molar-refractivity contribution >= 4 is 15.9 Å². The van der Waals surface area contributed by atoms with Gasteiger partial charge in [-0.05, 0) is 6.42 Å². The lowest BCUT2D eigenvalue weighted by Gasteiger charge is -2.29. The van der Waals surface area contributed by atoms with Crippen LogP contribution in [-0.4, -0.2) is 26.7 Å². The predicted octanol–water partition coefficient (Wildman–Crippen LogP) is 1.58. The van der Waals surface area contributed by atoms with Gasteiger partial charge in [0, 0.05) is 23.5 Å². The number of nitrogens with one attached hydrogen (secondary N) is 1. The van der Waals surface area contributed by atoms with Crippen LogP contribution in [0.2, 0.25) is 0 Å². The fourth-order valence-electron chi connectivity index (χ4n) is 2.44. The molecule has 0 bridgehead atoms. The topological polar surface area (TPSA) is 64.1 Å². The van der Waals surface area contributed by atoms with Gasteiger partial charge in [0.15, 0.2) is 12.4 Å². The highest BCUT2D eigenvalue weighted by atomic mass is 79.9. The first-order valence-electron chi connectivity index (χ1n) is 6.14. The first-order valence-corrected chi connectivity index (χ1v) is 7.26. The zero-order valence-electron chi connectivity index (χ0n) is 10.7. The summed E-state index contributed by atoms with van der Waals surface area (Å²) in [5.74, 6) is -0.347. The van der Waals surface area contributed by atoms with Gasteiger partial charge < -0.3 is 4.74 Å². The van der Waals surface area contributed by atoms with Crippen LogP contribution in [0.5, 0.6) is 0 Å². The summed E-state index contributed by atoms with van der Waals surface area (Å²) in [6.45, 7) is 3.69.